The van der Waals surface area contributed by atoms with Gasteiger partial charge in [0.25, 0.3) is 5.91 Å². The molecule has 0 radical (unpaired) electrons. The second-order valence-corrected chi connectivity index (χ2v) is 4.78. The third-order valence-electron chi connectivity index (χ3n) is 2.34. The smallest absolute Gasteiger partial charge is 0.254 e. The van der Waals surface area contributed by atoms with Crippen molar-refractivity contribution in [1.29, 1.82) is 0 Å². The molecule has 0 unspecified atom stereocenters. The lowest BCUT2D eigenvalue weighted by Crippen LogP contribution is -2.44. The Bertz CT molecular complexity index is 421. The molecular formula is C12H14ClF2NO. The maximum absolute atomic E-state index is 13.3. The largest absolute Gasteiger partial charge is 0.347 e. The van der Waals surface area contributed by atoms with E-state index in [0.29, 0.717) is 12.3 Å². The standard InChI is InChI=1S/C12H14ClF2NO/c1-12(2,5-6-13)16-11(17)9-7-8(14)3-4-10(9)15/h3-4,7H,5-6H2,1-2H3,(H,16,17). The minimum atomic E-state index is -0.745. The van der Waals surface area contributed by atoms with Crippen LogP contribution in [0.25, 0.3) is 0 Å². The highest BCUT2D eigenvalue weighted by Crippen LogP contribution is 2.14. The number of halogens is 3. The van der Waals surface area contributed by atoms with Gasteiger partial charge in [-0.2, -0.15) is 0 Å². The van der Waals surface area contributed by atoms with E-state index >= 15 is 0 Å². The number of carbonyl (C=O) groups excluding carboxylic acids is 1. The fourth-order valence-corrected chi connectivity index (χ4v) is 1.82. The molecule has 0 aliphatic rings. The Morgan fingerprint density at radius 3 is 2.65 bits per heavy atom. The number of nitrogens with one attached hydrogen (secondary N) is 1. The monoisotopic (exact) mass is 261 g/mol. The van der Waals surface area contributed by atoms with Gasteiger partial charge in [0.1, 0.15) is 11.6 Å². The lowest BCUT2D eigenvalue weighted by Gasteiger charge is -2.25. The molecule has 94 valence electrons. The van der Waals surface area contributed by atoms with Crippen LogP contribution in [0.2, 0.25) is 0 Å². The third kappa shape index (κ3) is 3.97. The number of carbonyl (C=O) groups is 1. The molecular weight excluding hydrogens is 248 g/mol. The SMILES string of the molecule is CC(C)(CCCl)NC(=O)c1cc(F)ccc1F. The van der Waals surface area contributed by atoms with E-state index < -0.39 is 23.1 Å². The zero-order valence-corrected chi connectivity index (χ0v) is 10.4. The van der Waals surface area contributed by atoms with Gasteiger partial charge in [-0.15, -0.1) is 11.6 Å². The second-order valence-electron chi connectivity index (χ2n) is 4.40. The van der Waals surface area contributed by atoms with Crippen LogP contribution in [0.4, 0.5) is 8.78 Å². The van der Waals surface area contributed by atoms with Crippen LogP contribution in [0.15, 0.2) is 18.2 Å². The highest BCUT2D eigenvalue weighted by Gasteiger charge is 2.22. The summed E-state index contributed by atoms with van der Waals surface area (Å²) < 4.78 is 26.2. The molecule has 0 aromatic heterocycles. The number of amides is 1. The molecule has 0 atom stereocenters. The summed E-state index contributed by atoms with van der Waals surface area (Å²) in [5.41, 5.74) is -0.856. The van der Waals surface area contributed by atoms with E-state index in [0.717, 1.165) is 18.2 Å². The maximum Gasteiger partial charge on any atom is 0.254 e. The van der Waals surface area contributed by atoms with E-state index in [1.165, 1.54) is 0 Å². The first kappa shape index (κ1) is 13.9. The summed E-state index contributed by atoms with van der Waals surface area (Å²) in [4.78, 5) is 11.7. The van der Waals surface area contributed by atoms with Gasteiger partial charge in [0.2, 0.25) is 0 Å². The predicted octanol–water partition coefficient (Wildman–Crippen LogP) is 3.10. The Balaban J connectivity index is 2.86. The van der Waals surface area contributed by atoms with Gasteiger partial charge in [0.15, 0.2) is 0 Å². The van der Waals surface area contributed by atoms with Crippen LogP contribution in [-0.4, -0.2) is 17.3 Å². The molecule has 1 rings (SSSR count). The van der Waals surface area contributed by atoms with Crippen LogP contribution in [0.5, 0.6) is 0 Å². The molecule has 17 heavy (non-hydrogen) atoms. The molecule has 0 aliphatic carbocycles. The van der Waals surface area contributed by atoms with Crippen LogP contribution >= 0.6 is 11.6 Å². The first-order chi connectivity index (χ1) is 7.85. The van der Waals surface area contributed by atoms with Crippen molar-refractivity contribution in [3.63, 3.8) is 0 Å². The summed E-state index contributed by atoms with van der Waals surface area (Å²) in [5, 5.41) is 2.61. The fourth-order valence-electron chi connectivity index (χ4n) is 1.34. The summed E-state index contributed by atoms with van der Waals surface area (Å²) in [7, 11) is 0. The molecule has 1 aromatic carbocycles. The second kappa shape index (κ2) is 5.45. The Morgan fingerprint density at radius 1 is 1.41 bits per heavy atom. The summed E-state index contributed by atoms with van der Waals surface area (Å²) >= 11 is 5.59. The summed E-state index contributed by atoms with van der Waals surface area (Å²) in [6, 6.07) is 2.77. The Morgan fingerprint density at radius 2 is 2.06 bits per heavy atom. The number of benzene rings is 1. The summed E-state index contributed by atoms with van der Waals surface area (Å²) in [6.07, 6.45) is 0.539. The number of hydrogen-bond acceptors (Lipinski definition) is 1. The van der Waals surface area contributed by atoms with Crippen LogP contribution < -0.4 is 5.32 Å². The average molecular weight is 262 g/mol. The Hall–Kier alpha value is -1.16. The van der Waals surface area contributed by atoms with Crippen molar-refractivity contribution < 1.29 is 13.6 Å². The normalized spacial score (nSPS) is 11.4. The van der Waals surface area contributed by atoms with E-state index in [-0.39, 0.29) is 5.56 Å². The summed E-state index contributed by atoms with van der Waals surface area (Å²) in [5.74, 6) is -1.66. The van der Waals surface area contributed by atoms with E-state index in [4.69, 9.17) is 11.6 Å². The lowest BCUT2D eigenvalue weighted by atomic mass is 10.0. The van der Waals surface area contributed by atoms with Gasteiger partial charge in [-0.25, -0.2) is 8.78 Å². The molecule has 1 aromatic rings. The van der Waals surface area contributed by atoms with Crippen molar-refractivity contribution in [1.82, 2.24) is 5.32 Å². The quantitative estimate of drug-likeness (QED) is 0.829. The molecule has 0 aliphatic heterocycles. The third-order valence-corrected chi connectivity index (χ3v) is 2.53. The molecule has 1 amide bonds. The molecule has 0 saturated carbocycles. The molecule has 0 spiro atoms. The van der Waals surface area contributed by atoms with Crippen molar-refractivity contribution in [3.05, 3.63) is 35.4 Å². The van der Waals surface area contributed by atoms with Gasteiger partial charge in [0, 0.05) is 11.4 Å². The topological polar surface area (TPSA) is 29.1 Å². The highest BCUT2D eigenvalue weighted by atomic mass is 35.5. The van der Waals surface area contributed by atoms with Gasteiger partial charge in [-0.05, 0) is 38.5 Å². The molecule has 0 bridgehead atoms. The molecule has 5 heteroatoms. The van der Waals surface area contributed by atoms with Gasteiger partial charge < -0.3 is 5.32 Å². The van der Waals surface area contributed by atoms with Crippen LogP contribution in [0.1, 0.15) is 30.6 Å². The fraction of sp³-hybridized carbons (Fsp3) is 0.417. The Labute approximate surface area is 104 Å². The van der Waals surface area contributed by atoms with E-state index in [1.807, 2.05) is 0 Å². The number of rotatable bonds is 4. The van der Waals surface area contributed by atoms with Gasteiger partial charge in [-0.3, -0.25) is 4.79 Å². The van der Waals surface area contributed by atoms with E-state index in [2.05, 4.69) is 5.32 Å². The highest BCUT2D eigenvalue weighted by molar-refractivity contribution is 6.17. The van der Waals surface area contributed by atoms with Crippen LogP contribution in [0.3, 0.4) is 0 Å². The zero-order valence-electron chi connectivity index (χ0n) is 9.69. The number of alkyl halides is 1. The van der Waals surface area contributed by atoms with Crippen molar-refractivity contribution in [2.75, 3.05) is 5.88 Å². The minimum Gasteiger partial charge on any atom is -0.347 e. The first-order valence-corrected chi connectivity index (χ1v) is 5.73. The summed E-state index contributed by atoms with van der Waals surface area (Å²) in [6.45, 7) is 3.54. The number of hydrogen-bond donors (Lipinski definition) is 1. The molecule has 0 saturated heterocycles. The van der Waals surface area contributed by atoms with Gasteiger partial charge in [0.05, 0.1) is 5.56 Å². The van der Waals surface area contributed by atoms with Crippen LogP contribution in [-0.2, 0) is 0 Å². The van der Waals surface area contributed by atoms with Crippen molar-refractivity contribution in [2.45, 2.75) is 25.8 Å². The van der Waals surface area contributed by atoms with Crippen molar-refractivity contribution in [3.8, 4) is 0 Å². The lowest BCUT2D eigenvalue weighted by molar-refractivity contribution is 0.0907. The zero-order chi connectivity index (χ0) is 13.1. The Kier molecular flexibility index (Phi) is 4.46. The predicted molar refractivity (Wildman–Crippen MR) is 63.2 cm³/mol. The van der Waals surface area contributed by atoms with Gasteiger partial charge >= 0.3 is 0 Å². The maximum atomic E-state index is 13.3. The first-order valence-electron chi connectivity index (χ1n) is 5.19. The molecule has 0 heterocycles. The van der Waals surface area contributed by atoms with Crippen molar-refractivity contribution in [2.24, 2.45) is 0 Å². The molecule has 0 fully saturated rings. The molecule has 1 N–H and O–H groups in total. The van der Waals surface area contributed by atoms with Crippen LogP contribution in [0, 0.1) is 11.6 Å². The minimum absolute atomic E-state index is 0.298. The average Bonchev–Trinajstić information content (AvgIpc) is 2.20. The molecule has 2 nitrogen and oxygen atoms in total. The van der Waals surface area contributed by atoms with Crippen molar-refractivity contribution >= 4 is 17.5 Å². The van der Waals surface area contributed by atoms with E-state index in [1.54, 1.807) is 13.8 Å². The van der Waals surface area contributed by atoms with Gasteiger partial charge in [-0.1, -0.05) is 0 Å². The van der Waals surface area contributed by atoms with E-state index in [9.17, 15) is 13.6 Å².